The molecule has 0 bridgehead atoms. The summed E-state index contributed by atoms with van der Waals surface area (Å²) in [5.41, 5.74) is 0.851. The second kappa shape index (κ2) is 5.49. The summed E-state index contributed by atoms with van der Waals surface area (Å²) in [4.78, 5) is 11.6. The molecule has 5 heteroatoms. The Kier molecular flexibility index (Phi) is 3.99. The van der Waals surface area contributed by atoms with Crippen LogP contribution in [0.1, 0.15) is 11.7 Å². The zero-order valence-electron chi connectivity index (χ0n) is 9.39. The highest BCUT2D eigenvalue weighted by Gasteiger charge is 2.35. The Labute approximate surface area is 104 Å². The zero-order chi connectivity index (χ0) is 12.3. The van der Waals surface area contributed by atoms with E-state index in [-0.39, 0.29) is 0 Å². The summed E-state index contributed by atoms with van der Waals surface area (Å²) in [6.07, 6.45) is -1.15. The monoisotopic (exact) mass is 256 g/mol. The summed E-state index contributed by atoms with van der Waals surface area (Å²) in [7, 11) is 1.33. The van der Waals surface area contributed by atoms with Gasteiger partial charge >= 0.3 is 5.97 Å². The minimum atomic E-state index is -0.713. The molecule has 2 unspecified atom stereocenters. The van der Waals surface area contributed by atoms with Gasteiger partial charge in [-0.15, -0.1) is 0 Å². The third kappa shape index (κ3) is 2.77. The van der Waals surface area contributed by atoms with Crippen LogP contribution in [-0.4, -0.2) is 32.4 Å². The molecule has 2 rings (SSSR count). The van der Waals surface area contributed by atoms with E-state index in [1.165, 1.54) is 7.11 Å². The Balaban J connectivity index is 2.21. The molecule has 2 atom stereocenters. The van der Waals surface area contributed by atoms with Crippen LogP contribution < -0.4 is 0 Å². The fourth-order valence-corrected chi connectivity index (χ4v) is 1.88. The van der Waals surface area contributed by atoms with E-state index in [0.29, 0.717) is 18.2 Å². The molecule has 0 radical (unpaired) electrons. The standard InChI is InChI=1S/C12H13ClO4/c1-15-12(14)11-10(16-6-7-17-11)8-2-4-9(13)5-3-8/h2-5,10-11H,6-7H2,1H3. The topological polar surface area (TPSA) is 44.8 Å². The average molecular weight is 257 g/mol. The molecule has 4 nitrogen and oxygen atoms in total. The van der Waals surface area contributed by atoms with Crippen LogP contribution in [0, 0.1) is 0 Å². The molecule has 92 valence electrons. The van der Waals surface area contributed by atoms with Crippen molar-refractivity contribution in [3.05, 3.63) is 34.9 Å². The van der Waals surface area contributed by atoms with Crippen LogP contribution in [0.5, 0.6) is 0 Å². The fourth-order valence-electron chi connectivity index (χ4n) is 1.76. The minimum absolute atomic E-state index is 0.393. The third-order valence-corrected chi connectivity index (χ3v) is 2.84. The van der Waals surface area contributed by atoms with Crippen molar-refractivity contribution in [3.63, 3.8) is 0 Å². The first-order valence-corrected chi connectivity index (χ1v) is 5.66. The number of ether oxygens (including phenoxy) is 3. The molecule has 0 saturated carbocycles. The van der Waals surface area contributed by atoms with Crippen LogP contribution in [0.2, 0.25) is 5.02 Å². The smallest absolute Gasteiger partial charge is 0.338 e. The molecule has 0 aromatic heterocycles. The summed E-state index contributed by atoms with van der Waals surface area (Å²) in [5.74, 6) is -0.426. The molecular weight excluding hydrogens is 244 g/mol. The molecular formula is C12H13ClO4. The number of carbonyl (C=O) groups excluding carboxylic acids is 1. The van der Waals surface area contributed by atoms with Gasteiger partial charge in [0.15, 0.2) is 6.10 Å². The Morgan fingerprint density at radius 2 is 1.94 bits per heavy atom. The van der Waals surface area contributed by atoms with E-state index >= 15 is 0 Å². The van der Waals surface area contributed by atoms with Crippen LogP contribution in [0.15, 0.2) is 24.3 Å². The number of methoxy groups -OCH3 is 1. The van der Waals surface area contributed by atoms with Gasteiger partial charge in [0.05, 0.1) is 20.3 Å². The number of carbonyl (C=O) groups is 1. The van der Waals surface area contributed by atoms with E-state index in [1.807, 2.05) is 12.1 Å². The summed E-state index contributed by atoms with van der Waals surface area (Å²) in [6.45, 7) is 0.852. The van der Waals surface area contributed by atoms with E-state index in [0.717, 1.165) is 5.56 Å². The molecule has 1 aliphatic heterocycles. The molecule has 1 aromatic rings. The maximum absolute atomic E-state index is 11.6. The maximum atomic E-state index is 11.6. The Hall–Kier alpha value is -1.10. The lowest BCUT2D eigenvalue weighted by molar-refractivity contribution is -0.184. The van der Waals surface area contributed by atoms with Crippen molar-refractivity contribution >= 4 is 17.6 Å². The fraction of sp³-hybridized carbons (Fsp3) is 0.417. The van der Waals surface area contributed by atoms with Crippen LogP contribution in [0.25, 0.3) is 0 Å². The number of halogens is 1. The second-order valence-electron chi connectivity index (χ2n) is 3.66. The zero-order valence-corrected chi connectivity index (χ0v) is 10.1. The first-order chi connectivity index (χ1) is 8.22. The summed E-state index contributed by atoms with van der Waals surface area (Å²) >= 11 is 5.81. The SMILES string of the molecule is COC(=O)C1OCCOC1c1ccc(Cl)cc1. The number of hydrogen-bond donors (Lipinski definition) is 0. The molecule has 0 amide bonds. The molecule has 1 saturated heterocycles. The van der Waals surface area contributed by atoms with Gasteiger partial charge in [0.1, 0.15) is 6.10 Å². The quantitative estimate of drug-likeness (QED) is 0.759. The summed E-state index contributed by atoms with van der Waals surface area (Å²) in [6, 6.07) is 7.14. The lowest BCUT2D eigenvalue weighted by Gasteiger charge is -2.30. The van der Waals surface area contributed by atoms with E-state index < -0.39 is 18.2 Å². The highest BCUT2D eigenvalue weighted by atomic mass is 35.5. The van der Waals surface area contributed by atoms with Gasteiger partial charge in [-0.25, -0.2) is 4.79 Å². The predicted molar refractivity (Wildman–Crippen MR) is 61.9 cm³/mol. The molecule has 0 aliphatic carbocycles. The normalized spacial score (nSPS) is 24.4. The van der Waals surface area contributed by atoms with Crippen molar-refractivity contribution in [3.8, 4) is 0 Å². The molecule has 1 fully saturated rings. The largest absolute Gasteiger partial charge is 0.467 e. The Bertz CT molecular complexity index is 390. The van der Waals surface area contributed by atoms with Gasteiger partial charge in [-0.2, -0.15) is 0 Å². The van der Waals surface area contributed by atoms with E-state index in [9.17, 15) is 4.79 Å². The lowest BCUT2D eigenvalue weighted by atomic mass is 10.0. The van der Waals surface area contributed by atoms with Gasteiger partial charge < -0.3 is 14.2 Å². The minimum Gasteiger partial charge on any atom is -0.467 e. The number of rotatable bonds is 2. The van der Waals surface area contributed by atoms with Crippen molar-refractivity contribution in [1.29, 1.82) is 0 Å². The first-order valence-electron chi connectivity index (χ1n) is 5.29. The van der Waals surface area contributed by atoms with Crippen LogP contribution >= 0.6 is 11.6 Å². The number of esters is 1. The van der Waals surface area contributed by atoms with E-state index in [2.05, 4.69) is 0 Å². The molecule has 1 aromatic carbocycles. The van der Waals surface area contributed by atoms with Gasteiger partial charge in [0.2, 0.25) is 0 Å². The lowest BCUT2D eigenvalue weighted by Crippen LogP contribution is -2.39. The highest BCUT2D eigenvalue weighted by Crippen LogP contribution is 2.28. The van der Waals surface area contributed by atoms with Crippen molar-refractivity contribution in [2.45, 2.75) is 12.2 Å². The summed E-state index contributed by atoms with van der Waals surface area (Å²) < 4.78 is 15.7. The molecule has 17 heavy (non-hydrogen) atoms. The highest BCUT2D eigenvalue weighted by molar-refractivity contribution is 6.30. The molecule has 0 N–H and O–H groups in total. The molecule has 1 aliphatic rings. The van der Waals surface area contributed by atoms with Crippen molar-refractivity contribution < 1.29 is 19.0 Å². The molecule has 1 heterocycles. The van der Waals surface area contributed by atoms with Crippen LogP contribution in [-0.2, 0) is 19.0 Å². The van der Waals surface area contributed by atoms with Gasteiger partial charge in [-0.1, -0.05) is 23.7 Å². The van der Waals surface area contributed by atoms with Gasteiger partial charge in [0, 0.05) is 5.02 Å². The maximum Gasteiger partial charge on any atom is 0.338 e. The van der Waals surface area contributed by atoms with E-state index in [1.54, 1.807) is 12.1 Å². The Morgan fingerprint density at radius 3 is 2.59 bits per heavy atom. The third-order valence-electron chi connectivity index (χ3n) is 2.59. The summed E-state index contributed by atoms with van der Waals surface area (Å²) in [5, 5.41) is 0.639. The van der Waals surface area contributed by atoms with Gasteiger partial charge in [0.25, 0.3) is 0 Å². The van der Waals surface area contributed by atoms with Crippen LogP contribution in [0.4, 0.5) is 0 Å². The first kappa shape index (κ1) is 12.4. The molecule has 0 spiro atoms. The van der Waals surface area contributed by atoms with Crippen molar-refractivity contribution in [2.24, 2.45) is 0 Å². The van der Waals surface area contributed by atoms with Crippen LogP contribution in [0.3, 0.4) is 0 Å². The average Bonchev–Trinajstić information content (AvgIpc) is 2.39. The van der Waals surface area contributed by atoms with Crippen molar-refractivity contribution in [1.82, 2.24) is 0 Å². The predicted octanol–water partition coefficient (Wildman–Crippen LogP) is 1.97. The number of benzene rings is 1. The van der Waals surface area contributed by atoms with Gasteiger partial charge in [-0.05, 0) is 17.7 Å². The van der Waals surface area contributed by atoms with E-state index in [4.69, 9.17) is 25.8 Å². The Morgan fingerprint density at radius 1 is 1.29 bits per heavy atom. The second-order valence-corrected chi connectivity index (χ2v) is 4.09. The van der Waals surface area contributed by atoms with Crippen molar-refractivity contribution in [2.75, 3.05) is 20.3 Å². The number of hydrogen-bond acceptors (Lipinski definition) is 4. The van der Waals surface area contributed by atoms with Gasteiger partial charge in [-0.3, -0.25) is 0 Å².